The van der Waals surface area contributed by atoms with Crippen molar-refractivity contribution in [2.75, 3.05) is 26.2 Å². The molecule has 1 aliphatic carbocycles. The zero-order chi connectivity index (χ0) is 27.9. The van der Waals surface area contributed by atoms with E-state index in [1.807, 2.05) is 80.7 Å². The predicted molar refractivity (Wildman–Crippen MR) is 154 cm³/mol. The van der Waals surface area contributed by atoms with Gasteiger partial charge in [0.25, 0.3) is 0 Å². The van der Waals surface area contributed by atoms with Gasteiger partial charge in [-0.05, 0) is 81.2 Å². The molecule has 2 aromatic heterocycles. The van der Waals surface area contributed by atoms with Crippen molar-refractivity contribution in [3.63, 3.8) is 0 Å². The summed E-state index contributed by atoms with van der Waals surface area (Å²) in [6.45, 7) is 12.7. The Morgan fingerprint density at radius 1 is 1.10 bits per heavy atom. The number of piperazine rings is 1. The normalized spacial score (nSPS) is 19.4. The van der Waals surface area contributed by atoms with Crippen molar-refractivity contribution < 1.29 is 9.90 Å². The van der Waals surface area contributed by atoms with E-state index in [2.05, 4.69) is 27.3 Å². The standard InChI is InChI=1S/C30H37ClN6O2/c1-20-32-11-12-37(20)19-30(5,39)25-17-21-7-6-10-33-26(21)27(23-9-8-22(31)18-24(23)25)35-13-15-36(16-14-35)28(38)34-29(2,3)4/h6-12,17-18,27,39H,13-16,19H2,1-5H3,(H,34,38). The second-order valence-electron chi connectivity index (χ2n) is 11.7. The molecule has 0 saturated carbocycles. The van der Waals surface area contributed by atoms with Gasteiger partial charge in [0.2, 0.25) is 0 Å². The molecule has 9 heteroatoms. The number of hydrogen-bond acceptors (Lipinski definition) is 5. The third kappa shape index (κ3) is 5.73. The molecule has 2 N–H and O–H groups in total. The van der Waals surface area contributed by atoms with Gasteiger partial charge in [-0.2, -0.15) is 0 Å². The van der Waals surface area contributed by atoms with Crippen LogP contribution in [-0.2, 0) is 6.54 Å². The summed E-state index contributed by atoms with van der Waals surface area (Å²) in [5, 5.41) is 15.6. The number of carbonyl (C=O) groups is 1. The summed E-state index contributed by atoms with van der Waals surface area (Å²) in [6, 6.07) is 9.69. The molecule has 1 fully saturated rings. The fourth-order valence-electron chi connectivity index (χ4n) is 5.55. The highest BCUT2D eigenvalue weighted by Crippen LogP contribution is 2.44. The fraction of sp³-hybridized carbons (Fsp3) is 0.433. The first kappa shape index (κ1) is 27.4. The van der Waals surface area contributed by atoms with Crippen molar-refractivity contribution in [3.8, 4) is 0 Å². The molecule has 3 aromatic rings. The molecule has 1 aromatic carbocycles. The van der Waals surface area contributed by atoms with Crippen molar-refractivity contribution in [1.82, 2.24) is 29.7 Å². The van der Waals surface area contributed by atoms with Crippen LogP contribution in [0.3, 0.4) is 0 Å². The third-order valence-corrected chi connectivity index (χ3v) is 7.70. The molecule has 39 heavy (non-hydrogen) atoms. The Morgan fingerprint density at radius 2 is 1.85 bits per heavy atom. The largest absolute Gasteiger partial charge is 0.384 e. The number of amides is 2. The van der Waals surface area contributed by atoms with E-state index in [9.17, 15) is 9.90 Å². The Kier molecular flexibility index (Phi) is 7.31. The van der Waals surface area contributed by atoms with Gasteiger partial charge in [0.05, 0.1) is 18.3 Å². The van der Waals surface area contributed by atoms with E-state index in [1.165, 1.54) is 0 Å². The molecule has 2 aliphatic rings. The molecule has 5 rings (SSSR count). The summed E-state index contributed by atoms with van der Waals surface area (Å²) in [5.41, 5.74) is 3.12. The van der Waals surface area contributed by atoms with E-state index in [0.29, 0.717) is 37.7 Å². The van der Waals surface area contributed by atoms with Crippen LogP contribution in [0, 0.1) is 6.92 Å². The van der Waals surface area contributed by atoms with Crippen molar-refractivity contribution in [3.05, 3.63) is 82.2 Å². The second-order valence-corrected chi connectivity index (χ2v) is 12.2. The van der Waals surface area contributed by atoms with Crippen molar-refractivity contribution >= 4 is 29.3 Å². The first-order valence-corrected chi connectivity index (χ1v) is 13.8. The lowest BCUT2D eigenvalue weighted by Crippen LogP contribution is -2.55. The Balaban J connectivity index is 1.53. The summed E-state index contributed by atoms with van der Waals surface area (Å²) in [7, 11) is 0. The average molecular weight is 549 g/mol. The zero-order valence-corrected chi connectivity index (χ0v) is 24.0. The average Bonchev–Trinajstić information content (AvgIpc) is 3.19. The van der Waals surface area contributed by atoms with Crippen molar-refractivity contribution in [2.45, 2.75) is 58.3 Å². The van der Waals surface area contributed by atoms with Gasteiger partial charge in [0.1, 0.15) is 11.4 Å². The topological polar surface area (TPSA) is 86.5 Å². The number of aliphatic hydroxyl groups is 1. The number of imidazole rings is 1. The number of urea groups is 1. The molecule has 2 unspecified atom stereocenters. The summed E-state index contributed by atoms with van der Waals surface area (Å²) in [6.07, 6.45) is 7.50. The molecule has 3 heterocycles. The zero-order valence-electron chi connectivity index (χ0n) is 23.3. The number of nitrogens with zero attached hydrogens (tertiary/aromatic N) is 5. The maximum Gasteiger partial charge on any atom is 0.317 e. The number of benzene rings is 1. The van der Waals surface area contributed by atoms with Crippen LogP contribution in [0.15, 0.2) is 48.9 Å². The molecule has 0 radical (unpaired) electrons. The monoisotopic (exact) mass is 548 g/mol. The van der Waals surface area contributed by atoms with E-state index < -0.39 is 5.60 Å². The van der Waals surface area contributed by atoms with Crippen molar-refractivity contribution in [2.24, 2.45) is 0 Å². The highest BCUT2D eigenvalue weighted by molar-refractivity contribution is 6.30. The molecule has 1 aliphatic heterocycles. The molecule has 1 saturated heterocycles. The van der Waals surface area contributed by atoms with Gasteiger partial charge < -0.3 is 19.9 Å². The van der Waals surface area contributed by atoms with Crippen LogP contribution >= 0.6 is 11.6 Å². The lowest BCUT2D eigenvalue weighted by atomic mass is 9.85. The highest BCUT2D eigenvalue weighted by atomic mass is 35.5. The first-order chi connectivity index (χ1) is 18.4. The number of fused-ring (bicyclic) bond motifs is 2. The minimum Gasteiger partial charge on any atom is -0.384 e. The Labute approximate surface area is 235 Å². The molecule has 0 bridgehead atoms. The molecule has 8 nitrogen and oxygen atoms in total. The number of rotatable bonds is 4. The number of carbonyl (C=O) groups excluding carboxylic acids is 1. The van der Waals surface area contributed by atoms with Crippen LogP contribution in [-0.4, -0.2) is 72.8 Å². The van der Waals surface area contributed by atoms with Gasteiger partial charge in [-0.3, -0.25) is 9.88 Å². The summed E-state index contributed by atoms with van der Waals surface area (Å²) in [4.78, 5) is 26.3. The van der Waals surface area contributed by atoms with Crippen LogP contribution in [0.2, 0.25) is 5.02 Å². The van der Waals surface area contributed by atoms with Crippen LogP contribution in [0.25, 0.3) is 11.6 Å². The second kappa shape index (κ2) is 10.4. The molecule has 2 amide bonds. The van der Waals surface area contributed by atoms with Crippen molar-refractivity contribution in [1.29, 1.82) is 0 Å². The van der Waals surface area contributed by atoms with E-state index in [4.69, 9.17) is 16.6 Å². The van der Waals surface area contributed by atoms with Crippen LogP contribution < -0.4 is 5.32 Å². The van der Waals surface area contributed by atoms with Gasteiger partial charge in [0, 0.05) is 55.3 Å². The molecular weight excluding hydrogens is 512 g/mol. The fourth-order valence-corrected chi connectivity index (χ4v) is 5.72. The number of hydrogen-bond donors (Lipinski definition) is 2. The number of aromatic nitrogens is 3. The number of pyridine rings is 1. The van der Waals surface area contributed by atoms with Crippen LogP contribution in [0.4, 0.5) is 4.79 Å². The van der Waals surface area contributed by atoms with E-state index in [1.54, 1.807) is 6.20 Å². The SMILES string of the molecule is Cc1nccn1CC(C)(O)C1=Cc2cccnc2C(N2CCN(C(=O)NC(C)(C)C)CC2)c2ccc(Cl)cc21. The summed E-state index contributed by atoms with van der Waals surface area (Å²) < 4.78 is 1.96. The maximum atomic E-state index is 12.8. The number of aryl methyl sites for hydroxylation is 1. The summed E-state index contributed by atoms with van der Waals surface area (Å²) in [5.74, 6) is 0.837. The van der Waals surface area contributed by atoms with Crippen LogP contribution in [0.5, 0.6) is 0 Å². The quantitative estimate of drug-likeness (QED) is 0.491. The Hall–Kier alpha value is -3.20. The minimum absolute atomic E-state index is 0.0384. The number of nitrogens with one attached hydrogen (secondary N) is 1. The molecule has 2 atom stereocenters. The van der Waals surface area contributed by atoms with Gasteiger partial charge in [-0.1, -0.05) is 23.7 Å². The lowest BCUT2D eigenvalue weighted by molar-refractivity contribution is 0.101. The molecular formula is C30H37ClN6O2. The van der Waals surface area contributed by atoms with E-state index >= 15 is 0 Å². The smallest absolute Gasteiger partial charge is 0.317 e. The summed E-state index contributed by atoms with van der Waals surface area (Å²) >= 11 is 6.56. The van der Waals surface area contributed by atoms with Gasteiger partial charge >= 0.3 is 6.03 Å². The van der Waals surface area contributed by atoms with E-state index in [0.717, 1.165) is 33.8 Å². The highest BCUT2D eigenvalue weighted by Gasteiger charge is 2.38. The van der Waals surface area contributed by atoms with Gasteiger partial charge in [-0.15, -0.1) is 0 Å². The number of halogens is 1. The Bertz CT molecular complexity index is 1400. The first-order valence-electron chi connectivity index (χ1n) is 13.4. The Morgan fingerprint density at radius 3 is 2.51 bits per heavy atom. The maximum absolute atomic E-state index is 12.8. The van der Waals surface area contributed by atoms with E-state index in [-0.39, 0.29) is 17.6 Å². The van der Waals surface area contributed by atoms with Gasteiger partial charge in [0.15, 0.2) is 0 Å². The molecule has 206 valence electrons. The van der Waals surface area contributed by atoms with Gasteiger partial charge in [-0.25, -0.2) is 9.78 Å². The third-order valence-electron chi connectivity index (χ3n) is 7.46. The molecule has 0 spiro atoms. The van der Waals surface area contributed by atoms with Crippen LogP contribution in [0.1, 0.15) is 61.9 Å². The minimum atomic E-state index is -1.21. The lowest BCUT2D eigenvalue weighted by Gasteiger charge is -2.40. The predicted octanol–water partition coefficient (Wildman–Crippen LogP) is 4.76.